The lowest BCUT2D eigenvalue weighted by atomic mass is 10.5. The highest BCUT2D eigenvalue weighted by molar-refractivity contribution is 9.10. The summed E-state index contributed by atoms with van der Waals surface area (Å²) < 4.78 is 1.92. The molecule has 0 fully saturated rings. The van der Waals surface area contributed by atoms with Gasteiger partial charge in [-0.2, -0.15) is 0 Å². The number of imidazole rings is 1. The summed E-state index contributed by atoms with van der Waals surface area (Å²) in [4.78, 5) is 14.7. The maximum atomic E-state index is 10.7. The van der Waals surface area contributed by atoms with Gasteiger partial charge >= 0.3 is 5.97 Å². The minimum absolute atomic E-state index is 0.180. The predicted octanol–water partition coefficient (Wildman–Crippen LogP) is 1.60. The fraction of sp³-hybridized carbons (Fsp3) is 0.333. The first-order chi connectivity index (χ1) is 5.57. The van der Waals surface area contributed by atoms with Crippen LogP contribution in [0.15, 0.2) is 9.76 Å². The van der Waals surface area contributed by atoms with Crippen molar-refractivity contribution in [1.29, 1.82) is 0 Å². The molecule has 1 rings (SSSR count). The van der Waals surface area contributed by atoms with Gasteiger partial charge in [0.1, 0.15) is 4.60 Å². The minimum atomic E-state index is -0.975. The van der Waals surface area contributed by atoms with Crippen LogP contribution in [0.2, 0.25) is 0 Å². The Morgan fingerprint density at radius 1 is 1.75 bits per heavy atom. The average molecular weight is 251 g/mol. The Morgan fingerprint density at radius 3 is 2.58 bits per heavy atom. The molecule has 4 nitrogen and oxygen atoms in total. The molecular formula is C6H7BrN2O2S. The molecule has 66 valence electrons. The van der Waals surface area contributed by atoms with Gasteiger partial charge in [0.25, 0.3) is 0 Å². The highest BCUT2D eigenvalue weighted by atomic mass is 79.9. The first kappa shape index (κ1) is 9.60. The Balaban J connectivity index is 3.28. The summed E-state index contributed by atoms with van der Waals surface area (Å²) in [5.74, 6) is -0.975. The molecule has 1 aromatic heterocycles. The fourth-order valence-corrected chi connectivity index (χ4v) is 2.13. The number of carboxylic acid groups (broad SMARTS) is 1. The van der Waals surface area contributed by atoms with Gasteiger partial charge in [-0.3, -0.25) is 0 Å². The van der Waals surface area contributed by atoms with Crippen molar-refractivity contribution in [2.75, 3.05) is 6.26 Å². The van der Waals surface area contributed by atoms with Crippen LogP contribution >= 0.6 is 27.7 Å². The largest absolute Gasteiger partial charge is 0.476 e. The quantitative estimate of drug-likeness (QED) is 0.811. The van der Waals surface area contributed by atoms with Crippen molar-refractivity contribution in [3.8, 4) is 0 Å². The zero-order valence-electron chi connectivity index (χ0n) is 6.54. The number of aromatic nitrogens is 2. The SMILES string of the molecule is CSc1nc(Br)c(C(=O)O)n1C. The zero-order valence-corrected chi connectivity index (χ0v) is 8.94. The number of thioether (sulfide) groups is 1. The number of hydrogen-bond donors (Lipinski definition) is 1. The number of rotatable bonds is 2. The number of aromatic carboxylic acids is 1. The molecular weight excluding hydrogens is 244 g/mol. The van der Waals surface area contributed by atoms with Crippen LogP contribution in [0.3, 0.4) is 0 Å². The van der Waals surface area contributed by atoms with Crippen LogP contribution in [-0.4, -0.2) is 26.9 Å². The lowest BCUT2D eigenvalue weighted by molar-refractivity contribution is 0.0684. The summed E-state index contributed by atoms with van der Waals surface area (Å²) in [5.41, 5.74) is 0.180. The maximum Gasteiger partial charge on any atom is 0.355 e. The van der Waals surface area contributed by atoms with Crippen LogP contribution < -0.4 is 0 Å². The monoisotopic (exact) mass is 250 g/mol. The molecule has 12 heavy (non-hydrogen) atoms. The van der Waals surface area contributed by atoms with Crippen molar-refractivity contribution in [2.45, 2.75) is 5.16 Å². The van der Waals surface area contributed by atoms with E-state index in [9.17, 15) is 4.79 Å². The van der Waals surface area contributed by atoms with Crippen LogP contribution in [-0.2, 0) is 7.05 Å². The number of nitrogens with zero attached hydrogens (tertiary/aromatic N) is 2. The predicted molar refractivity (Wildman–Crippen MR) is 49.6 cm³/mol. The average Bonchev–Trinajstić information content (AvgIpc) is 2.25. The molecule has 0 saturated carbocycles. The molecule has 0 spiro atoms. The summed E-state index contributed by atoms with van der Waals surface area (Å²) >= 11 is 4.49. The van der Waals surface area contributed by atoms with Crippen molar-refractivity contribution in [2.24, 2.45) is 7.05 Å². The van der Waals surface area contributed by atoms with Gasteiger partial charge in [-0.25, -0.2) is 9.78 Å². The normalized spacial score (nSPS) is 10.2. The highest BCUT2D eigenvalue weighted by Crippen LogP contribution is 2.22. The third-order valence-corrected chi connectivity index (χ3v) is 2.68. The molecule has 1 aromatic rings. The standard InChI is InChI=1S/C6H7BrN2O2S/c1-9-3(5(10)11)4(7)8-6(9)12-2/h1-2H3,(H,10,11). The van der Waals surface area contributed by atoms with E-state index in [0.29, 0.717) is 9.76 Å². The zero-order chi connectivity index (χ0) is 9.30. The molecule has 0 bridgehead atoms. The molecule has 0 aliphatic heterocycles. The molecule has 0 unspecified atom stereocenters. The van der Waals surface area contributed by atoms with E-state index in [1.165, 1.54) is 16.3 Å². The Hall–Kier alpha value is -0.490. The molecule has 0 saturated heterocycles. The number of hydrogen-bond acceptors (Lipinski definition) is 3. The first-order valence-electron chi connectivity index (χ1n) is 3.07. The van der Waals surface area contributed by atoms with Gasteiger partial charge < -0.3 is 9.67 Å². The Labute approximate surface area is 82.1 Å². The van der Waals surface area contributed by atoms with Crippen molar-refractivity contribution >= 4 is 33.7 Å². The van der Waals surface area contributed by atoms with Crippen LogP contribution in [0.1, 0.15) is 10.5 Å². The molecule has 0 atom stereocenters. The Morgan fingerprint density at radius 2 is 2.33 bits per heavy atom. The lowest BCUT2D eigenvalue weighted by Crippen LogP contribution is -2.05. The molecule has 0 aliphatic rings. The van der Waals surface area contributed by atoms with Gasteiger partial charge in [0.05, 0.1) is 0 Å². The summed E-state index contributed by atoms with van der Waals surface area (Å²) in [6, 6.07) is 0. The first-order valence-corrected chi connectivity index (χ1v) is 5.09. The smallest absolute Gasteiger partial charge is 0.355 e. The van der Waals surface area contributed by atoms with Gasteiger partial charge in [0.15, 0.2) is 10.9 Å². The molecule has 1 N–H and O–H groups in total. The second-order valence-corrected chi connectivity index (χ2v) is 3.63. The van der Waals surface area contributed by atoms with Crippen LogP contribution in [0.25, 0.3) is 0 Å². The van der Waals surface area contributed by atoms with Gasteiger partial charge in [-0.1, -0.05) is 11.8 Å². The minimum Gasteiger partial charge on any atom is -0.476 e. The van der Waals surface area contributed by atoms with Crippen molar-refractivity contribution in [1.82, 2.24) is 9.55 Å². The number of halogens is 1. The van der Waals surface area contributed by atoms with E-state index in [4.69, 9.17) is 5.11 Å². The van der Waals surface area contributed by atoms with E-state index in [0.717, 1.165) is 0 Å². The second-order valence-electron chi connectivity index (χ2n) is 2.10. The van der Waals surface area contributed by atoms with Crippen LogP contribution in [0.5, 0.6) is 0 Å². The fourth-order valence-electron chi connectivity index (χ4n) is 0.860. The van der Waals surface area contributed by atoms with Gasteiger partial charge in [0, 0.05) is 7.05 Å². The summed E-state index contributed by atoms with van der Waals surface area (Å²) in [6.07, 6.45) is 1.85. The third kappa shape index (κ3) is 1.49. The van der Waals surface area contributed by atoms with Gasteiger partial charge in [-0.15, -0.1) is 0 Å². The Bertz CT molecular complexity index is 324. The number of carboxylic acids is 1. The molecule has 0 radical (unpaired) electrons. The van der Waals surface area contributed by atoms with Gasteiger partial charge in [0.2, 0.25) is 0 Å². The van der Waals surface area contributed by atoms with E-state index in [1.54, 1.807) is 7.05 Å². The van der Waals surface area contributed by atoms with Crippen molar-refractivity contribution in [3.05, 3.63) is 10.3 Å². The molecule has 0 amide bonds. The van der Waals surface area contributed by atoms with Crippen molar-refractivity contribution in [3.63, 3.8) is 0 Å². The number of carbonyl (C=O) groups is 1. The molecule has 1 heterocycles. The summed E-state index contributed by atoms with van der Waals surface area (Å²) in [5, 5.41) is 9.44. The van der Waals surface area contributed by atoms with E-state index < -0.39 is 5.97 Å². The van der Waals surface area contributed by atoms with Crippen LogP contribution in [0, 0.1) is 0 Å². The van der Waals surface area contributed by atoms with E-state index >= 15 is 0 Å². The van der Waals surface area contributed by atoms with Gasteiger partial charge in [-0.05, 0) is 22.2 Å². The molecule has 6 heteroatoms. The second kappa shape index (κ2) is 3.49. The lowest BCUT2D eigenvalue weighted by Gasteiger charge is -1.98. The van der Waals surface area contributed by atoms with Crippen LogP contribution in [0.4, 0.5) is 0 Å². The topological polar surface area (TPSA) is 55.1 Å². The Kier molecular flexibility index (Phi) is 2.79. The van der Waals surface area contributed by atoms with E-state index in [1.807, 2.05) is 6.26 Å². The third-order valence-electron chi connectivity index (χ3n) is 1.40. The molecule has 0 aliphatic carbocycles. The van der Waals surface area contributed by atoms with Crippen molar-refractivity contribution < 1.29 is 9.90 Å². The van der Waals surface area contributed by atoms with E-state index in [2.05, 4.69) is 20.9 Å². The highest BCUT2D eigenvalue weighted by Gasteiger charge is 2.17. The summed E-state index contributed by atoms with van der Waals surface area (Å²) in [6.45, 7) is 0. The summed E-state index contributed by atoms with van der Waals surface area (Å²) in [7, 11) is 1.67. The molecule has 0 aromatic carbocycles. The maximum absolute atomic E-state index is 10.7. The van der Waals surface area contributed by atoms with E-state index in [-0.39, 0.29) is 5.69 Å².